The molecule has 0 aliphatic heterocycles. The van der Waals surface area contributed by atoms with Gasteiger partial charge in [0.25, 0.3) is 0 Å². The first-order valence-corrected chi connectivity index (χ1v) is 8.34. The normalized spacial score (nSPS) is 13.0. The van der Waals surface area contributed by atoms with Crippen LogP contribution in [0.25, 0.3) is 0 Å². The lowest BCUT2D eigenvalue weighted by atomic mass is 10.3. The van der Waals surface area contributed by atoms with Gasteiger partial charge in [0.05, 0.1) is 11.0 Å². The van der Waals surface area contributed by atoms with Crippen LogP contribution in [-0.4, -0.2) is 39.9 Å². The number of hydrogen-bond donors (Lipinski definition) is 1. The number of nitrogens with zero attached hydrogens (tertiary/aromatic N) is 1. The van der Waals surface area contributed by atoms with Crippen molar-refractivity contribution in [1.29, 1.82) is 0 Å². The molecular formula is C11H8BrF2NO9S. The van der Waals surface area contributed by atoms with E-state index < -0.39 is 48.5 Å². The van der Waals surface area contributed by atoms with Crippen molar-refractivity contribution in [3.8, 4) is 11.5 Å². The van der Waals surface area contributed by atoms with Gasteiger partial charge in [0.2, 0.25) is 5.75 Å². The zero-order chi connectivity index (χ0) is 19.6. The van der Waals surface area contributed by atoms with Gasteiger partial charge in [-0.05, 0) is 19.1 Å². The molecule has 0 radical (unpaired) electrons. The first kappa shape index (κ1) is 20.9. The molecule has 0 aliphatic carbocycles. The van der Waals surface area contributed by atoms with Gasteiger partial charge >= 0.3 is 33.0 Å². The van der Waals surface area contributed by atoms with E-state index in [1.165, 1.54) is 6.92 Å². The van der Waals surface area contributed by atoms with E-state index in [4.69, 9.17) is 9.29 Å². The Bertz CT molecular complexity index is 825. The summed E-state index contributed by atoms with van der Waals surface area (Å²) in [4.78, 5) is 31.6. The molecule has 0 aliphatic rings. The summed E-state index contributed by atoms with van der Waals surface area (Å²) in [6.45, 7) is 1.41. The molecule has 0 heterocycles. The summed E-state index contributed by atoms with van der Waals surface area (Å²) in [6.07, 6.45) is 0. The van der Waals surface area contributed by atoms with Crippen molar-refractivity contribution in [2.45, 2.75) is 17.0 Å². The number of halogens is 3. The number of nitro groups is 1. The average Bonchev–Trinajstić information content (AvgIpc) is 2.46. The second-order valence-electron chi connectivity index (χ2n) is 4.31. The third-order valence-corrected chi connectivity index (χ3v) is 3.62. The van der Waals surface area contributed by atoms with E-state index in [0.717, 1.165) is 6.07 Å². The van der Waals surface area contributed by atoms with E-state index >= 15 is 0 Å². The Morgan fingerprint density at radius 3 is 2.36 bits per heavy atom. The van der Waals surface area contributed by atoms with Gasteiger partial charge in [-0.1, -0.05) is 15.9 Å². The van der Waals surface area contributed by atoms with Crippen LogP contribution < -0.4 is 9.47 Å². The standard InChI is InChI=1S/C11H8BrF2NO9S/c1-5(12)9(16)23-6-2-3-8(7(4-6)15(18)19)24-10(17)11(13,14)25(20,21)22/h2-5H,1H3,(H,20,21,22). The fourth-order valence-corrected chi connectivity index (χ4v) is 1.60. The van der Waals surface area contributed by atoms with Crippen molar-refractivity contribution in [1.82, 2.24) is 0 Å². The van der Waals surface area contributed by atoms with Gasteiger partial charge in [0, 0.05) is 0 Å². The van der Waals surface area contributed by atoms with Crippen LogP contribution in [0.3, 0.4) is 0 Å². The third-order valence-electron chi connectivity index (χ3n) is 2.43. The molecule has 0 spiro atoms. The largest absolute Gasteiger partial charge is 0.466 e. The van der Waals surface area contributed by atoms with Crippen LogP contribution in [-0.2, 0) is 19.7 Å². The van der Waals surface area contributed by atoms with Crippen LogP contribution in [0.4, 0.5) is 14.5 Å². The van der Waals surface area contributed by atoms with Crippen LogP contribution in [0.1, 0.15) is 6.92 Å². The van der Waals surface area contributed by atoms with Crippen LogP contribution in [0.5, 0.6) is 11.5 Å². The van der Waals surface area contributed by atoms with Crippen LogP contribution >= 0.6 is 15.9 Å². The molecule has 1 N–H and O–H groups in total. The van der Waals surface area contributed by atoms with Gasteiger partial charge in [-0.15, -0.1) is 0 Å². The van der Waals surface area contributed by atoms with Crippen LogP contribution in [0.2, 0.25) is 0 Å². The number of rotatable bonds is 6. The molecule has 10 nitrogen and oxygen atoms in total. The number of hydrogen-bond acceptors (Lipinski definition) is 8. The molecule has 1 rings (SSSR count). The van der Waals surface area contributed by atoms with Gasteiger partial charge in [-0.2, -0.15) is 17.2 Å². The van der Waals surface area contributed by atoms with Crippen molar-refractivity contribution in [2.24, 2.45) is 0 Å². The highest BCUT2D eigenvalue weighted by molar-refractivity contribution is 9.10. The number of carbonyl (C=O) groups excluding carboxylic acids is 2. The average molecular weight is 448 g/mol. The van der Waals surface area contributed by atoms with Crippen molar-refractivity contribution in [2.75, 3.05) is 0 Å². The summed E-state index contributed by atoms with van der Waals surface area (Å²) < 4.78 is 64.2. The molecule has 0 saturated carbocycles. The quantitative estimate of drug-likeness (QED) is 0.171. The zero-order valence-corrected chi connectivity index (χ0v) is 14.4. The molecule has 0 amide bonds. The summed E-state index contributed by atoms with van der Waals surface area (Å²) in [5.74, 6) is -4.98. The van der Waals surface area contributed by atoms with Gasteiger partial charge in [0.15, 0.2) is 0 Å². The lowest BCUT2D eigenvalue weighted by Gasteiger charge is -2.12. The maximum Gasteiger partial charge on any atom is 0.466 e. The molecule has 0 aromatic heterocycles. The molecular weight excluding hydrogens is 440 g/mol. The highest BCUT2D eigenvalue weighted by Crippen LogP contribution is 2.33. The van der Waals surface area contributed by atoms with Crippen molar-refractivity contribution < 1.29 is 45.7 Å². The molecule has 1 aromatic carbocycles. The summed E-state index contributed by atoms with van der Waals surface area (Å²) >= 11 is 2.89. The number of ether oxygens (including phenoxy) is 2. The SMILES string of the molecule is CC(Br)C(=O)Oc1ccc(OC(=O)C(F)(F)S(=O)(=O)O)c([N+](=O)[O-])c1. The van der Waals surface area contributed by atoms with E-state index in [0.29, 0.717) is 12.1 Å². The van der Waals surface area contributed by atoms with Crippen molar-refractivity contribution in [3.63, 3.8) is 0 Å². The lowest BCUT2D eigenvalue weighted by molar-refractivity contribution is -0.385. The molecule has 0 saturated heterocycles. The predicted octanol–water partition coefficient (Wildman–Crippen LogP) is 1.67. The number of esters is 2. The Balaban J connectivity index is 3.19. The topological polar surface area (TPSA) is 150 Å². The first-order chi connectivity index (χ1) is 11.3. The fourth-order valence-electron chi connectivity index (χ4n) is 1.25. The minimum Gasteiger partial charge on any atom is -0.425 e. The van der Waals surface area contributed by atoms with Gasteiger partial charge in [0.1, 0.15) is 10.6 Å². The molecule has 1 aromatic rings. The first-order valence-electron chi connectivity index (χ1n) is 5.98. The number of benzene rings is 1. The van der Waals surface area contributed by atoms with E-state index in [2.05, 4.69) is 20.7 Å². The monoisotopic (exact) mass is 447 g/mol. The maximum atomic E-state index is 13.1. The Kier molecular flexibility index (Phi) is 6.14. The van der Waals surface area contributed by atoms with Crippen molar-refractivity contribution >= 4 is 43.7 Å². The minimum absolute atomic E-state index is 0.357. The van der Waals surface area contributed by atoms with E-state index in [-0.39, 0.29) is 5.75 Å². The van der Waals surface area contributed by atoms with Crippen LogP contribution in [0, 0.1) is 10.1 Å². The highest BCUT2D eigenvalue weighted by atomic mass is 79.9. The Labute approximate surface area is 146 Å². The molecule has 1 unspecified atom stereocenters. The number of nitro benzene ring substituents is 1. The molecule has 0 bridgehead atoms. The van der Waals surface area contributed by atoms with E-state index in [9.17, 15) is 36.9 Å². The summed E-state index contributed by atoms with van der Waals surface area (Å²) in [7, 11) is -6.14. The van der Waals surface area contributed by atoms with E-state index in [1.807, 2.05) is 0 Å². The minimum atomic E-state index is -6.14. The smallest absolute Gasteiger partial charge is 0.425 e. The van der Waals surface area contributed by atoms with Gasteiger partial charge in [-0.3, -0.25) is 19.5 Å². The maximum absolute atomic E-state index is 13.1. The molecule has 138 valence electrons. The molecule has 1 atom stereocenters. The Morgan fingerprint density at radius 2 is 1.92 bits per heavy atom. The van der Waals surface area contributed by atoms with Crippen LogP contribution in [0.15, 0.2) is 18.2 Å². The number of carbonyl (C=O) groups is 2. The molecule has 0 fully saturated rings. The van der Waals surface area contributed by atoms with Gasteiger partial charge in [-0.25, -0.2) is 4.79 Å². The molecule has 14 heteroatoms. The summed E-state index contributed by atoms with van der Waals surface area (Å²) in [6, 6.07) is 2.12. The Morgan fingerprint density at radius 1 is 1.36 bits per heavy atom. The van der Waals surface area contributed by atoms with Gasteiger partial charge < -0.3 is 9.47 Å². The second kappa shape index (κ2) is 7.37. The summed E-state index contributed by atoms with van der Waals surface area (Å²) in [5, 5.41) is 5.60. The second-order valence-corrected chi connectivity index (χ2v) is 7.14. The zero-order valence-electron chi connectivity index (χ0n) is 12.0. The van der Waals surface area contributed by atoms with E-state index in [1.54, 1.807) is 0 Å². The number of alkyl halides is 3. The third kappa shape index (κ3) is 4.90. The fraction of sp³-hybridized carbons (Fsp3) is 0.273. The van der Waals surface area contributed by atoms with Crippen molar-refractivity contribution in [3.05, 3.63) is 28.3 Å². The molecule has 25 heavy (non-hydrogen) atoms. The summed E-state index contributed by atoms with van der Waals surface area (Å²) in [5.41, 5.74) is -1.06. The highest BCUT2D eigenvalue weighted by Gasteiger charge is 2.54. The predicted molar refractivity (Wildman–Crippen MR) is 79.3 cm³/mol. The lowest BCUT2D eigenvalue weighted by Crippen LogP contribution is -2.40. The Hall–Kier alpha value is -2.19.